The van der Waals surface area contributed by atoms with E-state index >= 15 is 0 Å². The molecule has 0 N–H and O–H groups in total. The Morgan fingerprint density at radius 1 is 1.29 bits per heavy atom. The second-order valence-electron chi connectivity index (χ2n) is 3.83. The number of methoxy groups -OCH3 is 1. The molecule has 0 amide bonds. The van der Waals surface area contributed by atoms with Gasteiger partial charge in [0, 0.05) is 11.6 Å². The summed E-state index contributed by atoms with van der Waals surface area (Å²) in [5.41, 5.74) is -4.61. The largest absolute Gasteiger partial charge is 0.534 e. The summed E-state index contributed by atoms with van der Waals surface area (Å²) in [6.45, 7) is 1.58. The Labute approximate surface area is 119 Å². The molecular weight excluding hydrogens is 313 g/mol. The molecule has 1 aromatic rings. The Kier molecular flexibility index (Phi) is 5.00. The summed E-state index contributed by atoms with van der Waals surface area (Å²) >= 11 is 0. The molecular formula is C12H11F3O5S. The third-order valence-electron chi connectivity index (χ3n) is 2.41. The number of aldehydes is 1. The minimum Gasteiger partial charge on any atom is -0.496 e. The molecule has 1 rings (SSSR count). The van der Waals surface area contributed by atoms with Crippen molar-refractivity contribution in [2.45, 2.75) is 12.4 Å². The fourth-order valence-corrected chi connectivity index (χ4v) is 1.87. The molecule has 0 fully saturated rings. The number of carbonyl (C=O) groups excluding carboxylic acids is 1. The summed E-state index contributed by atoms with van der Waals surface area (Å²) in [6, 6.07) is 3.31. The lowest BCUT2D eigenvalue weighted by atomic mass is 10.1. The van der Waals surface area contributed by atoms with E-state index in [1.807, 2.05) is 0 Å². The molecule has 0 aliphatic carbocycles. The van der Waals surface area contributed by atoms with Crippen molar-refractivity contribution in [2.24, 2.45) is 0 Å². The summed E-state index contributed by atoms with van der Waals surface area (Å²) in [5, 5.41) is 0. The first-order valence-corrected chi connectivity index (χ1v) is 6.84. The van der Waals surface area contributed by atoms with E-state index in [-0.39, 0.29) is 5.75 Å². The number of benzene rings is 1. The maximum Gasteiger partial charge on any atom is 0.534 e. The summed E-state index contributed by atoms with van der Waals surface area (Å²) in [7, 11) is -4.50. The van der Waals surface area contributed by atoms with Crippen LogP contribution in [-0.2, 0) is 14.9 Å². The molecule has 116 valence electrons. The lowest BCUT2D eigenvalue weighted by Gasteiger charge is -2.13. The molecule has 0 bridgehead atoms. The number of hydrogen-bond donors (Lipinski definition) is 0. The summed E-state index contributed by atoms with van der Waals surface area (Å²) < 4.78 is 67.4. The molecule has 0 aliphatic rings. The van der Waals surface area contributed by atoms with Gasteiger partial charge in [-0.3, -0.25) is 4.79 Å². The highest BCUT2D eigenvalue weighted by Crippen LogP contribution is 2.32. The third kappa shape index (κ3) is 3.97. The van der Waals surface area contributed by atoms with Crippen LogP contribution in [-0.4, -0.2) is 27.3 Å². The highest BCUT2D eigenvalue weighted by atomic mass is 32.2. The zero-order valence-electron chi connectivity index (χ0n) is 11.0. The standard InChI is InChI=1S/C12H11F3O5S/c1-8(5-6-16)10-4-3-9(7-11(10)19-2)20-21(17,18)12(13,14)15/h3-7H,1-2H3/b8-5-. The van der Waals surface area contributed by atoms with Gasteiger partial charge < -0.3 is 8.92 Å². The minimum atomic E-state index is -5.75. The number of hydrogen-bond acceptors (Lipinski definition) is 5. The van der Waals surface area contributed by atoms with E-state index in [4.69, 9.17) is 4.74 Å². The van der Waals surface area contributed by atoms with Crippen molar-refractivity contribution in [3.63, 3.8) is 0 Å². The zero-order valence-corrected chi connectivity index (χ0v) is 11.8. The van der Waals surface area contributed by atoms with Crippen molar-refractivity contribution < 1.29 is 35.3 Å². The van der Waals surface area contributed by atoms with E-state index in [0.717, 1.165) is 12.1 Å². The molecule has 5 nitrogen and oxygen atoms in total. The predicted octanol–water partition coefficient (Wildman–Crippen LogP) is 2.53. The number of alkyl halides is 3. The van der Waals surface area contributed by atoms with Crippen molar-refractivity contribution >= 4 is 22.0 Å². The molecule has 0 atom stereocenters. The highest BCUT2D eigenvalue weighted by molar-refractivity contribution is 7.88. The molecule has 9 heteroatoms. The Morgan fingerprint density at radius 3 is 2.38 bits per heavy atom. The molecule has 1 aromatic carbocycles. The van der Waals surface area contributed by atoms with Crippen LogP contribution in [0.3, 0.4) is 0 Å². The molecule has 0 heterocycles. The van der Waals surface area contributed by atoms with Gasteiger partial charge in [0.05, 0.1) is 7.11 Å². The molecule has 0 saturated carbocycles. The van der Waals surface area contributed by atoms with Crippen LogP contribution in [0.25, 0.3) is 5.57 Å². The molecule has 0 saturated heterocycles. The lowest BCUT2D eigenvalue weighted by Crippen LogP contribution is -2.28. The average Bonchev–Trinajstić information content (AvgIpc) is 2.37. The number of allylic oxidation sites excluding steroid dienone is 2. The Morgan fingerprint density at radius 2 is 1.90 bits per heavy atom. The van der Waals surface area contributed by atoms with Gasteiger partial charge in [0.25, 0.3) is 0 Å². The van der Waals surface area contributed by atoms with Gasteiger partial charge in [0.1, 0.15) is 17.8 Å². The predicted molar refractivity (Wildman–Crippen MR) is 68.3 cm³/mol. The van der Waals surface area contributed by atoms with Crippen LogP contribution in [0.4, 0.5) is 13.2 Å². The third-order valence-corrected chi connectivity index (χ3v) is 3.38. The normalized spacial score (nSPS) is 12.9. The van der Waals surface area contributed by atoms with Crippen LogP contribution in [0.2, 0.25) is 0 Å². The SMILES string of the molecule is COc1cc(OS(=O)(=O)C(F)(F)F)ccc1/C(C)=C\C=O. The van der Waals surface area contributed by atoms with E-state index < -0.39 is 21.4 Å². The van der Waals surface area contributed by atoms with Gasteiger partial charge in [-0.15, -0.1) is 0 Å². The number of ether oxygens (including phenoxy) is 1. The fraction of sp³-hybridized carbons (Fsp3) is 0.250. The number of halogens is 3. The van der Waals surface area contributed by atoms with E-state index in [1.54, 1.807) is 6.92 Å². The molecule has 0 aromatic heterocycles. The van der Waals surface area contributed by atoms with Crippen molar-refractivity contribution in [2.75, 3.05) is 7.11 Å². The van der Waals surface area contributed by atoms with Gasteiger partial charge in [-0.1, -0.05) is 0 Å². The smallest absolute Gasteiger partial charge is 0.496 e. The van der Waals surface area contributed by atoms with Gasteiger partial charge >= 0.3 is 15.6 Å². The van der Waals surface area contributed by atoms with Crippen LogP contribution < -0.4 is 8.92 Å². The van der Waals surface area contributed by atoms with Crippen LogP contribution >= 0.6 is 0 Å². The second-order valence-corrected chi connectivity index (χ2v) is 5.37. The number of carbonyl (C=O) groups is 1. The van der Waals surface area contributed by atoms with Crippen LogP contribution in [0.1, 0.15) is 12.5 Å². The first kappa shape index (κ1) is 17.0. The topological polar surface area (TPSA) is 69.7 Å². The summed E-state index contributed by atoms with van der Waals surface area (Å²) in [4.78, 5) is 10.4. The fourth-order valence-electron chi connectivity index (χ4n) is 1.41. The van der Waals surface area contributed by atoms with E-state index in [1.165, 1.54) is 19.3 Å². The Balaban J connectivity index is 3.21. The maximum absolute atomic E-state index is 12.2. The van der Waals surface area contributed by atoms with E-state index in [2.05, 4.69) is 4.18 Å². The van der Waals surface area contributed by atoms with Gasteiger partial charge in [-0.2, -0.15) is 21.6 Å². The van der Waals surface area contributed by atoms with Gasteiger partial charge in [0.2, 0.25) is 0 Å². The number of rotatable bonds is 5. The average molecular weight is 324 g/mol. The summed E-state index contributed by atoms with van der Waals surface area (Å²) in [5.74, 6) is -0.479. The summed E-state index contributed by atoms with van der Waals surface area (Å²) in [6.07, 6.45) is 1.76. The van der Waals surface area contributed by atoms with Crippen molar-refractivity contribution in [1.82, 2.24) is 0 Å². The van der Waals surface area contributed by atoms with Crippen molar-refractivity contribution in [3.8, 4) is 11.5 Å². The Bertz CT molecular complexity index is 662. The van der Waals surface area contributed by atoms with Gasteiger partial charge in [0.15, 0.2) is 0 Å². The van der Waals surface area contributed by atoms with Crippen molar-refractivity contribution in [3.05, 3.63) is 29.8 Å². The molecule has 0 spiro atoms. The molecule has 0 aliphatic heterocycles. The maximum atomic E-state index is 12.2. The Hall–Kier alpha value is -2.03. The van der Waals surface area contributed by atoms with Crippen LogP contribution in [0.5, 0.6) is 11.5 Å². The highest BCUT2D eigenvalue weighted by Gasteiger charge is 2.48. The van der Waals surface area contributed by atoms with E-state index in [9.17, 15) is 26.4 Å². The minimum absolute atomic E-state index is 0.0699. The van der Waals surface area contributed by atoms with Crippen LogP contribution in [0.15, 0.2) is 24.3 Å². The molecule has 0 radical (unpaired) electrons. The monoisotopic (exact) mass is 324 g/mol. The van der Waals surface area contributed by atoms with Gasteiger partial charge in [-0.25, -0.2) is 0 Å². The lowest BCUT2D eigenvalue weighted by molar-refractivity contribution is -0.104. The van der Waals surface area contributed by atoms with E-state index in [0.29, 0.717) is 17.4 Å². The first-order valence-electron chi connectivity index (χ1n) is 5.43. The second kappa shape index (κ2) is 6.17. The molecule has 0 unspecified atom stereocenters. The first-order chi connectivity index (χ1) is 9.62. The van der Waals surface area contributed by atoms with Gasteiger partial charge in [-0.05, 0) is 30.7 Å². The zero-order chi connectivity index (χ0) is 16.3. The van der Waals surface area contributed by atoms with Crippen molar-refractivity contribution in [1.29, 1.82) is 0 Å². The quantitative estimate of drug-likeness (QED) is 0.360. The van der Waals surface area contributed by atoms with Crippen LogP contribution in [0, 0.1) is 0 Å². The molecule has 21 heavy (non-hydrogen) atoms.